The van der Waals surface area contributed by atoms with Crippen LogP contribution in [0.25, 0.3) is 22.5 Å². The van der Waals surface area contributed by atoms with Gasteiger partial charge >= 0.3 is 10.2 Å². The van der Waals surface area contributed by atoms with Gasteiger partial charge in [-0.05, 0) is 0 Å². The fourth-order valence-electron chi connectivity index (χ4n) is 2.75. The molecule has 2 aromatic carbocycles. The van der Waals surface area contributed by atoms with Gasteiger partial charge in [-0.1, -0.05) is 60.7 Å². The summed E-state index contributed by atoms with van der Waals surface area (Å²) in [5, 5.41) is 0. The molecule has 0 amide bonds. The van der Waals surface area contributed by atoms with Crippen molar-refractivity contribution in [2.24, 2.45) is 10.1 Å². The van der Waals surface area contributed by atoms with Gasteiger partial charge in [0.2, 0.25) is 0 Å². The summed E-state index contributed by atoms with van der Waals surface area (Å²) in [6.07, 6.45) is 0. The Kier molecular flexibility index (Phi) is 3.69. The zero-order valence-electron chi connectivity index (χ0n) is 13.9. The van der Waals surface area contributed by atoms with E-state index in [4.69, 9.17) is 5.73 Å². The van der Waals surface area contributed by atoms with Crippen LogP contribution in [0.1, 0.15) is 5.69 Å². The van der Waals surface area contributed by atoms with Gasteiger partial charge in [0.1, 0.15) is 0 Å². The minimum atomic E-state index is -3.91. The van der Waals surface area contributed by atoms with E-state index in [0.29, 0.717) is 11.4 Å². The number of nitrogens with zero attached hydrogens (tertiary/aromatic N) is 4. The maximum Gasteiger partial charge on any atom is 0.347 e. The van der Waals surface area contributed by atoms with Crippen molar-refractivity contribution in [2.75, 3.05) is 11.4 Å². The molecular weight excluding hydrogens is 350 g/mol. The summed E-state index contributed by atoms with van der Waals surface area (Å²) in [6, 6.07) is 19.0. The van der Waals surface area contributed by atoms with Gasteiger partial charge in [-0.2, -0.15) is 8.42 Å². The molecule has 4 rings (SSSR count). The van der Waals surface area contributed by atoms with E-state index < -0.39 is 10.2 Å². The highest BCUT2D eigenvalue weighted by Crippen LogP contribution is 2.34. The molecule has 2 heterocycles. The third kappa shape index (κ3) is 2.60. The second kappa shape index (κ2) is 5.92. The van der Waals surface area contributed by atoms with Gasteiger partial charge in [-0.3, -0.25) is 0 Å². The monoisotopic (exact) mass is 365 g/mol. The molecule has 1 aromatic heterocycles. The van der Waals surface area contributed by atoms with Gasteiger partial charge in [0, 0.05) is 18.2 Å². The molecule has 0 bridgehead atoms. The lowest BCUT2D eigenvalue weighted by atomic mass is 10.0. The highest BCUT2D eigenvalue weighted by Gasteiger charge is 2.31. The highest BCUT2D eigenvalue weighted by molar-refractivity contribution is 7.91. The van der Waals surface area contributed by atoms with E-state index in [0.717, 1.165) is 15.4 Å². The van der Waals surface area contributed by atoms with Crippen molar-refractivity contribution in [2.45, 2.75) is 0 Å². The molecule has 0 unspecified atom stereocenters. The molecule has 3 aromatic rings. The molecule has 26 heavy (non-hydrogen) atoms. The maximum absolute atomic E-state index is 12.1. The summed E-state index contributed by atoms with van der Waals surface area (Å²) in [6.45, 7) is 0. The molecule has 0 saturated heterocycles. The Labute approximate surface area is 151 Å². The van der Waals surface area contributed by atoms with Gasteiger partial charge in [0.25, 0.3) is 0 Å². The maximum atomic E-state index is 12.1. The minimum Gasteiger partial charge on any atom is -0.381 e. The lowest BCUT2D eigenvalue weighted by Gasteiger charge is -2.24. The third-order valence-corrected chi connectivity index (χ3v) is 5.37. The zero-order valence-corrected chi connectivity index (χ0v) is 14.7. The molecule has 0 saturated carbocycles. The first-order chi connectivity index (χ1) is 12.5. The van der Waals surface area contributed by atoms with Crippen LogP contribution in [-0.4, -0.2) is 31.3 Å². The van der Waals surface area contributed by atoms with E-state index in [1.807, 2.05) is 60.7 Å². The molecule has 8 heteroatoms. The Balaban J connectivity index is 2.05. The zero-order chi connectivity index (χ0) is 18.3. The van der Waals surface area contributed by atoms with Crippen molar-refractivity contribution in [1.82, 2.24) is 9.97 Å². The second-order valence-corrected chi connectivity index (χ2v) is 7.37. The molecule has 7 nitrogen and oxygen atoms in total. The fraction of sp³-hybridized carbons (Fsp3) is 0.0556. The number of fused-ring (bicyclic) bond motifs is 1. The first-order valence-electron chi connectivity index (χ1n) is 7.85. The molecule has 0 fully saturated rings. The van der Waals surface area contributed by atoms with E-state index in [9.17, 15) is 8.42 Å². The standard InChI is InChI=1S/C18H15N5O2S/c1-23-18-16(17(19)22-26(23,24)25)20-14(12-8-4-2-5-9-12)15(21-18)13-10-6-3-7-11-13/h2-11H,1H3,(H2,19,22). The van der Waals surface area contributed by atoms with Crippen molar-refractivity contribution < 1.29 is 8.42 Å². The van der Waals surface area contributed by atoms with E-state index >= 15 is 0 Å². The average molecular weight is 365 g/mol. The Morgan fingerprint density at radius 1 is 0.808 bits per heavy atom. The molecule has 130 valence electrons. The van der Waals surface area contributed by atoms with Crippen LogP contribution in [0.2, 0.25) is 0 Å². The summed E-state index contributed by atoms with van der Waals surface area (Å²) in [5.74, 6) is -0.00146. The van der Waals surface area contributed by atoms with Crippen LogP contribution >= 0.6 is 0 Å². The van der Waals surface area contributed by atoms with Crippen molar-refractivity contribution in [1.29, 1.82) is 0 Å². The molecule has 0 aliphatic carbocycles. The average Bonchev–Trinajstić information content (AvgIpc) is 2.66. The topological polar surface area (TPSA) is 102 Å². The highest BCUT2D eigenvalue weighted by atomic mass is 32.2. The normalized spacial score (nSPS) is 15.3. The van der Waals surface area contributed by atoms with Gasteiger partial charge in [-0.15, -0.1) is 4.40 Å². The van der Waals surface area contributed by atoms with E-state index in [1.54, 1.807) is 0 Å². The van der Waals surface area contributed by atoms with Gasteiger partial charge in [-0.25, -0.2) is 14.3 Å². The molecule has 0 spiro atoms. The summed E-state index contributed by atoms with van der Waals surface area (Å²) in [5.41, 5.74) is 8.98. The van der Waals surface area contributed by atoms with Crippen LogP contribution in [0.4, 0.5) is 5.82 Å². The Morgan fingerprint density at radius 3 is 1.85 bits per heavy atom. The van der Waals surface area contributed by atoms with Gasteiger partial charge in [0.05, 0.1) is 11.4 Å². The fourth-order valence-corrected chi connectivity index (χ4v) is 3.55. The largest absolute Gasteiger partial charge is 0.381 e. The molecule has 0 atom stereocenters. The van der Waals surface area contributed by atoms with Crippen LogP contribution in [0.5, 0.6) is 0 Å². The number of amidine groups is 1. The SMILES string of the molecule is CN1c2nc(-c3ccccc3)c(-c3ccccc3)nc2C(N)=NS1(=O)=O. The number of hydrogen-bond donors (Lipinski definition) is 1. The van der Waals surface area contributed by atoms with Crippen LogP contribution in [0.3, 0.4) is 0 Å². The van der Waals surface area contributed by atoms with E-state index in [1.165, 1.54) is 7.05 Å². The van der Waals surface area contributed by atoms with Crippen molar-refractivity contribution >= 4 is 21.9 Å². The van der Waals surface area contributed by atoms with Crippen LogP contribution in [0, 0.1) is 0 Å². The number of anilines is 1. The number of nitrogens with two attached hydrogens (primary N) is 1. The molecular formula is C18H15N5O2S. The minimum absolute atomic E-state index is 0.163. The summed E-state index contributed by atoms with van der Waals surface area (Å²) in [4.78, 5) is 9.24. The molecule has 1 aliphatic heterocycles. The molecule has 2 N–H and O–H groups in total. The summed E-state index contributed by atoms with van der Waals surface area (Å²) in [7, 11) is -2.52. The number of hydrogen-bond acceptors (Lipinski definition) is 5. The van der Waals surface area contributed by atoms with Crippen LogP contribution in [0.15, 0.2) is 65.1 Å². The number of rotatable bonds is 2. The lowest BCUT2D eigenvalue weighted by molar-refractivity contribution is 0.595. The van der Waals surface area contributed by atoms with Crippen LogP contribution in [-0.2, 0) is 10.2 Å². The quantitative estimate of drug-likeness (QED) is 0.750. The number of benzene rings is 2. The predicted octanol–water partition coefficient (Wildman–Crippen LogP) is 2.21. The Hall–Kier alpha value is -3.26. The van der Waals surface area contributed by atoms with Gasteiger partial charge in [0.15, 0.2) is 17.3 Å². The molecule has 0 radical (unpaired) electrons. The smallest absolute Gasteiger partial charge is 0.347 e. The Morgan fingerprint density at radius 2 is 1.31 bits per heavy atom. The molecule has 1 aliphatic rings. The Bertz CT molecular complexity index is 1110. The van der Waals surface area contributed by atoms with Crippen LogP contribution < -0.4 is 10.0 Å². The van der Waals surface area contributed by atoms with E-state index in [2.05, 4.69) is 14.4 Å². The predicted molar refractivity (Wildman–Crippen MR) is 101 cm³/mol. The third-order valence-electron chi connectivity index (χ3n) is 4.07. The first-order valence-corrected chi connectivity index (χ1v) is 9.24. The summed E-state index contributed by atoms with van der Waals surface area (Å²) < 4.78 is 28.9. The van der Waals surface area contributed by atoms with Gasteiger partial charge < -0.3 is 5.73 Å². The lowest BCUT2D eigenvalue weighted by Crippen LogP contribution is -2.36. The first kappa shape index (κ1) is 16.2. The number of aromatic nitrogens is 2. The summed E-state index contributed by atoms with van der Waals surface area (Å²) >= 11 is 0. The second-order valence-electron chi connectivity index (χ2n) is 5.75. The van der Waals surface area contributed by atoms with Crippen molar-refractivity contribution in [3.63, 3.8) is 0 Å². The van der Waals surface area contributed by atoms with E-state index in [-0.39, 0.29) is 17.3 Å². The van der Waals surface area contributed by atoms with Crippen molar-refractivity contribution in [3.8, 4) is 22.5 Å². The van der Waals surface area contributed by atoms with Crippen molar-refractivity contribution in [3.05, 3.63) is 66.4 Å².